The van der Waals surface area contributed by atoms with Gasteiger partial charge < -0.3 is 10.3 Å². The molecule has 0 spiro atoms. The number of nitrogens with one attached hydrogen (secondary N) is 2. The minimum atomic E-state index is -4.95. The molecule has 4 rings (SSSR count). The van der Waals surface area contributed by atoms with Crippen LogP contribution in [0.4, 0.5) is 26.3 Å². The summed E-state index contributed by atoms with van der Waals surface area (Å²) in [5, 5.41) is 7.20. The monoisotopic (exact) mass is 514 g/mol. The van der Waals surface area contributed by atoms with Gasteiger partial charge in [0.15, 0.2) is 5.69 Å². The number of benzene rings is 1. The molecule has 0 atom stereocenters. The van der Waals surface area contributed by atoms with Crippen LogP contribution >= 0.6 is 11.3 Å². The van der Waals surface area contributed by atoms with E-state index in [2.05, 4.69) is 25.4 Å². The van der Waals surface area contributed by atoms with E-state index in [0.717, 1.165) is 29.7 Å². The molecule has 0 saturated heterocycles. The molecule has 184 valence electrons. The fraction of sp³-hybridized carbons (Fsp3) is 0.238. The topological polar surface area (TPSA) is 88.5 Å². The molecule has 0 radical (unpaired) electrons. The van der Waals surface area contributed by atoms with E-state index in [1.54, 1.807) is 12.4 Å². The van der Waals surface area contributed by atoms with Gasteiger partial charge in [0.05, 0.1) is 23.0 Å². The van der Waals surface area contributed by atoms with Crippen molar-refractivity contribution in [3.05, 3.63) is 70.9 Å². The highest BCUT2D eigenvalue weighted by atomic mass is 32.1. The van der Waals surface area contributed by atoms with Crippen molar-refractivity contribution in [2.75, 3.05) is 6.54 Å². The van der Waals surface area contributed by atoms with Crippen LogP contribution in [0, 0.1) is 0 Å². The number of aromatic amines is 1. The number of halogens is 6. The van der Waals surface area contributed by atoms with Gasteiger partial charge in [0.2, 0.25) is 5.13 Å². The van der Waals surface area contributed by atoms with E-state index in [-0.39, 0.29) is 22.9 Å². The smallest absolute Gasteiger partial charge is 0.352 e. The Morgan fingerprint density at radius 2 is 1.94 bits per heavy atom. The molecular weight excluding hydrogens is 498 g/mol. The minimum Gasteiger partial charge on any atom is -0.352 e. The highest BCUT2D eigenvalue weighted by Crippen LogP contribution is 2.36. The fourth-order valence-electron chi connectivity index (χ4n) is 3.27. The van der Waals surface area contributed by atoms with Gasteiger partial charge in [0.25, 0.3) is 5.91 Å². The van der Waals surface area contributed by atoms with Gasteiger partial charge in [-0.1, -0.05) is 12.1 Å². The van der Waals surface area contributed by atoms with Crippen LogP contribution in [0.3, 0.4) is 0 Å². The SMILES string of the molecule is O=C(NCCCc1ncc[nH]1)c1cnn(-c2nc(-c3cccc(C(F)(F)F)c3)cs2)c1C(F)(F)F. The predicted octanol–water partition coefficient (Wildman–Crippen LogP) is 5.12. The van der Waals surface area contributed by atoms with Crippen LogP contribution in [0.15, 0.2) is 48.2 Å². The Balaban J connectivity index is 1.56. The van der Waals surface area contributed by atoms with Crippen LogP contribution < -0.4 is 5.32 Å². The lowest BCUT2D eigenvalue weighted by atomic mass is 10.1. The van der Waals surface area contributed by atoms with Crippen molar-refractivity contribution >= 4 is 17.2 Å². The van der Waals surface area contributed by atoms with Crippen molar-refractivity contribution in [2.24, 2.45) is 0 Å². The van der Waals surface area contributed by atoms with Crippen molar-refractivity contribution in [3.63, 3.8) is 0 Å². The molecular formula is C21H16F6N6OS. The predicted molar refractivity (Wildman–Crippen MR) is 114 cm³/mol. The number of hydrogen-bond donors (Lipinski definition) is 2. The van der Waals surface area contributed by atoms with E-state index in [4.69, 9.17) is 0 Å². The summed E-state index contributed by atoms with van der Waals surface area (Å²) in [6, 6.07) is 4.28. The summed E-state index contributed by atoms with van der Waals surface area (Å²) in [5.74, 6) is -0.277. The van der Waals surface area contributed by atoms with Crippen LogP contribution in [0.25, 0.3) is 16.4 Å². The van der Waals surface area contributed by atoms with E-state index in [1.165, 1.54) is 17.5 Å². The second-order valence-electron chi connectivity index (χ2n) is 7.31. The standard InChI is InChI=1S/C21H16F6N6OS/c22-20(23,24)13-4-1-3-12(9-13)15-11-35-19(32-15)33-17(21(25,26)27)14(10-31-33)18(34)30-6-2-5-16-28-7-8-29-16/h1,3-4,7-11H,2,5-6H2,(H,28,29)(H,30,34). The number of hydrogen-bond acceptors (Lipinski definition) is 5. The zero-order valence-electron chi connectivity index (χ0n) is 17.6. The van der Waals surface area contributed by atoms with Crippen molar-refractivity contribution in [2.45, 2.75) is 25.2 Å². The Morgan fingerprint density at radius 1 is 1.14 bits per heavy atom. The summed E-state index contributed by atoms with van der Waals surface area (Å²) in [4.78, 5) is 23.4. The minimum absolute atomic E-state index is 0.0450. The number of aryl methyl sites for hydroxylation is 1. The zero-order chi connectivity index (χ0) is 25.2. The van der Waals surface area contributed by atoms with Gasteiger partial charge in [-0.3, -0.25) is 4.79 Å². The first-order chi connectivity index (χ1) is 16.5. The van der Waals surface area contributed by atoms with Gasteiger partial charge >= 0.3 is 12.4 Å². The van der Waals surface area contributed by atoms with Crippen molar-refractivity contribution in [1.29, 1.82) is 0 Å². The first-order valence-corrected chi connectivity index (χ1v) is 11.0. The van der Waals surface area contributed by atoms with Crippen LogP contribution in [-0.4, -0.2) is 37.2 Å². The Morgan fingerprint density at radius 3 is 2.63 bits per heavy atom. The lowest BCUT2D eigenvalue weighted by molar-refractivity contribution is -0.143. The Kier molecular flexibility index (Phi) is 6.65. The summed E-state index contributed by atoms with van der Waals surface area (Å²) in [5.41, 5.74) is -2.80. The van der Waals surface area contributed by atoms with E-state index >= 15 is 0 Å². The number of amides is 1. The number of nitrogens with zero attached hydrogens (tertiary/aromatic N) is 4. The first kappa shape index (κ1) is 24.4. The van der Waals surface area contributed by atoms with Gasteiger partial charge in [-0.2, -0.15) is 31.4 Å². The van der Waals surface area contributed by atoms with E-state index in [1.807, 2.05) is 0 Å². The molecule has 14 heteroatoms. The molecule has 0 bridgehead atoms. The molecule has 0 saturated carbocycles. The molecule has 1 amide bonds. The van der Waals surface area contributed by atoms with Crippen LogP contribution in [0.1, 0.15) is 33.9 Å². The molecule has 3 aromatic heterocycles. The Bertz CT molecular complexity index is 1310. The van der Waals surface area contributed by atoms with Crippen LogP contribution in [-0.2, 0) is 18.8 Å². The third kappa shape index (κ3) is 5.53. The molecule has 0 aliphatic rings. The zero-order valence-corrected chi connectivity index (χ0v) is 18.4. The van der Waals surface area contributed by atoms with Gasteiger partial charge in [0.1, 0.15) is 5.82 Å². The molecule has 4 aromatic rings. The molecule has 0 aliphatic heterocycles. The first-order valence-electron chi connectivity index (χ1n) is 10.1. The third-order valence-corrected chi connectivity index (χ3v) is 5.69. The molecule has 7 nitrogen and oxygen atoms in total. The molecule has 2 N–H and O–H groups in total. The lowest BCUT2D eigenvalue weighted by Gasteiger charge is -2.11. The second-order valence-corrected chi connectivity index (χ2v) is 8.14. The van der Waals surface area contributed by atoms with Crippen molar-refractivity contribution < 1.29 is 31.1 Å². The number of aromatic nitrogens is 5. The van der Waals surface area contributed by atoms with Crippen LogP contribution in [0.2, 0.25) is 0 Å². The van der Waals surface area contributed by atoms with E-state index < -0.39 is 35.1 Å². The largest absolute Gasteiger partial charge is 0.434 e. The Labute approximate surface area is 197 Å². The van der Waals surface area contributed by atoms with Gasteiger partial charge in [0, 0.05) is 36.3 Å². The van der Waals surface area contributed by atoms with Crippen molar-refractivity contribution in [1.82, 2.24) is 30.0 Å². The Hall–Kier alpha value is -3.68. The van der Waals surface area contributed by atoms with Crippen molar-refractivity contribution in [3.8, 4) is 16.4 Å². The maximum atomic E-state index is 13.9. The van der Waals surface area contributed by atoms with Gasteiger partial charge in [-0.15, -0.1) is 11.3 Å². The maximum absolute atomic E-state index is 13.9. The summed E-state index contributed by atoms with van der Waals surface area (Å²) in [6.45, 7) is 0.110. The van der Waals surface area contributed by atoms with E-state index in [0.29, 0.717) is 23.3 Å². The number of alkyl halides is 6. The number of rotatable bonds is 7. The summed E-state index contributed by atoms with van der Waals surface area (Å²) < 4.78 is 81.1. The third-order valence-electron chi connectivity index (χ3n) is 4.87. The summed E-state index contributed by atoms with van der Waals surface area (Å²) in [6.07, 6.45) is -4.60. The van der Waals surface area contributed by atoms with E-state index in [9.17, 15) is 31.1 Å². The number of imidazole rings is 1. The molecule has 35 heavy (non-hydrogen) atoms. The average molecular weight is 514 g/mol. The van der Waals surface area contributed by atoms with Gasteiger partial charge in [-0.25, -0.2) is 14.6 Å². The summed E-state index contributed by atoms with van der Waals surface area (Å²) >= 11 is 0.752. The lowest BCUT2D eigenvalue weighted by Crippen LogP contribution is -2.27. The van der Waals surface area contributed by atoms with Crippen LogP contribution in [0.5, 0.6) is 0 Å². The number of thiazole rings is 1. The fourth-order valence-corrected chi connectivity index (χ4v) is 4.06. The quantitative estimate of drug-likeness (QED) is 0.265. The molecule has 0 fully saturated rings. The number of H-pyrrole nitrogens is 1. The molecule has 3 heterocycles. The molecule has 0 unspecified atom stereocenters. The maximum Gasteiger partial charge on any atom is 0.434 e. The molecule has 0 aliphatic carbocycles. The normalized spacial score (nSPS) is 12.2. The number of carbonyl (C=O) groups excluding carboxylic acids is 1. The number of carbonyl (C=O) groups is 1. The second kappa shape index (κ2) is 9.52. The average Bonchev–Trinajstić information content (AvgIpc) is 3.56. The highest BCUT2D eigenvalue weighted by Gasteiger charge is 2.41. The molecule has 1 aromatic carbocycles. The van der Waals surface area contributed by atoms with Gasteiger partial charge in [-0.05, 0) is 18.6 Å². The summed E-state index contributed by atoms with van der Waals surface area (Å²) in [7, 11) is 0. The highest BCUT2D eigenvalue weighted by molar-refractivity contribution is 7.12.